The van der Waals surface area contributed by atoms with Crippen LogP contribution in [0.4, 0.5) is 4.79 Å². The molecule has 1 atom stereocenters. The summed E-state index contributed by atoms with van der Waals surface area (Å²) in [5, 5.41) is 2.31. The van der Waals surface area contributed by atoms with E-state index in [0.29, 0.717) is 22.8 Å². The third-order valence-corrected chi connectivity index (χ3v) is 6.96. The number of hydrogen-bond acceptors (Lipinski definition) is 6. The van der Waals surface area contributed by atoms with Gasteiger partial charge in [-0.05, 0) is 48.9 Å². The van der Waals surface area contributed by atoms with E-state index in [2.05, 4.69) is 5.32 Å². The molecule has 1 aromatic rings. The Labute approximate surface area is 175 Å². The van der Waals surface area contributed by atoms with Crippen molar-refractivity contribution < 1.29 is 23.9 Å². The van der Waals surface area contributed by atoms with Crippen LogP contribution in [-0.2, 0) is 9.59 Å². The maximum atomic E-state index is 12.5. The largest absolute Gasteiger partial charge is 0.454 e. The van der Waals surface area contributed by atoms with Gasteiger partial charge in [0.15, 0.2) is 11.5 Å². The highest BCUT2D eigenvalue weighted by atomic mass is 35.5. The summed E-state index contributed by atoms with van der Waals surface area (Å²) in [6.07, 6.45) is 2.00. The van der Waals surface area contributed by atoms with Crippen LogP contribution in [0.2, 0.25) is 0 Å². The maximum absolute atomic E-state index is 12.5. The average Bonchev–Trinajstić information content (AvgIpc) is 2.94. The Balaban J connectivity index is 1.37. The van der Waals surface area contributed by atoms with Crippen LogP contribution >= 0.6 is 35.0 Å². The predicted molar refractivity (Wildman–Crippen MR) is 105 cm³/mol. The molecule has 1 unspecified atom stereocenters. The molecular weight excluding hydrogens is 427 g/mol. The third kappa shape index (κ3) is 3.33. The molecule has 0 radical (unpaired) electrons. The van der Waals surface area contributed by atoms with E-state index in [9.17, 15) is 14.4 Å². The fourth-order valence-electron chi connectivity index (χ4n) is 2.97. The second-order valence-corrected chi connectivity index (χ2v) is 9.39. The van der Waals surface area contributed by atoms with Crippen molar-refractivity contribution in [1.82, 2.24) is 10.2 Å². The molecule has 10 heteroatoms. The Bertz CT molecular complexity index is 919. The zero-order chi connectivity index (χ0) is 20.1. The van der Waals surface area contributed by atoms with E-state index in [-0.39, 0.29) is 31.0 Å². The molecule has 1 aromatic carbocycles. The number of thioether (sulfide) groups is 1. The van der Waals surface area contributed by atoms with Gasteiger partial charge in [0.1, 0.15) is 4.33 Å². The van der Waals surface area contributed by atoms with E-state index in [0.717, 1.165) is 22.2 Å². The van der Waals surface area contributed by atoms with Crippen molar-refractivity contribution in [1.29, 1.82) is 0 Å². The number of nitrogens with zero attached hydrogens (tertiary/aromatic N) is 1. The number of ether oxygens (including phenoxy) is 2. The molecule has 1 aliphatic carbocycles. The van der Waals surface area contributed by atoms with E-state index in [1.807, 2.05) is 0 Å². The number of fused-ring (bicyclic) bond motifs is 1. The monoisotopic (exact) mass is 442 g/mol. The summed E-state index contributed by atoms with van der Waals surface area (Å²) < 4.78 is 9.51. The van der Waals surface area contributed by atoms with E-state index in [4.69, 9.17) is 32.7 Å². The molecular formula is C18H16Cl2N2O5S. The molecule has 2 aliphatic heterocycles. The van der Waals surface area contributed by atoms with Gasteiger partial charge in [0, 0.05) is 13.1 Å². The molecule has 1 saturated heterocycles. The van der Waals surface area contributed by atoms with Crippen molar-refractivity contribution in [2.75, 3.05) is 19.9 Å². The molecule has 0 bridgehead atoms. The quantitative estimate of drug-likeness (QED) is 0.556. The number of nitrogens with one attached hydrogen (secondary N) is 1. The summed E-state index contributed by atoms with van der Waals surface area (Å²) in [7, 11) is 0. The number of carbonyl (C=O) groups is 3. The first kappa shape index (κ1) is 19.4. The molecule has 0 spiro atoms. The van der Waals surface area contributed by atoms with Gasteiger partial charge in [-0.15, -0.1) is 23.2 Å². The van der Waals surface area contributed by atoms with Crippen LogP contribution in [0.15, 0.2) is 23.1 Å². The van der Waals surface area contributed by atoms with Gasteiger partial charge >= 0.3 is 0 Å². The zero-order valence-electron chi connectivity index (χ0n) is 14.8. The number of halogens is 2. The summed E-state index contributed by atoms with van der Waals surface area (Å²) in [5.74, 6) is 0.547. The highest BCUT2D eigenvalue weighted by Gasteiger charge is 2.67. The highest BCUT2D eigenvalue weighted by molar-refractivity contribution is 8.18. The lowest BCUT2D eigenvalue weighted by atomic mass is 10.1. The Morgan fingerprint density at radius 1 is 1.32 bits per heavy atom. The fourth-order valence-corrected chi connectivity index (χ4v) is 4.54. The predicted octanol–water partition coefficient (Wildman–Crippen LogP) is 3.15. The van der Waals surface area contributed by atoms with Gasteiger partial charge in [-0.1, -0.05) is 6.07 Å². The zero-order valence-corrected chi connectivity index (χ0v) is 17.1. The van der Waals surface area contributed by atoms with Crippen LogP contribution < -0.4 is 14.8 Å². The molecule has 2 fully saturated rings. The van der Waals surface area contributed by atoms with Gasteiger partial charge in [0.05, 0.1) is 10.3 Å². The minimum Gasteiger partial charge on any atom is -0.454 e. The second kappa shape index (κ2) is 6.86. The number of alkyl halides is 2. The average molecular weight is 443 g/mol. The summed E-state index contributed by atoms with van der Waals surface area (Å²) in [5.41, 5.74) is -0.112. The SMILES string of the molecule is CC1(C(=O)NCCN2C(=O)S/C(=C\c3ccc4c(c3)OCO4)C2=O)CC1(Cl)Cl. The lowest BCUT2D eigenvalue weighted by molar-refractivity contribution is -0.127. The van der Waals surface area contributed by atoms with Crippen LogP contribution in [0.1, 0.15) is 18.9 Å². The Morgan fingerprint density at radius 2 is 2.04 bits per heavy atom. The van der Waals surface area contributed by atoms with Crippen molar-refractivity contribution in [2.24, 2.45) is 5.41 Å². The van der Waals surface area contributed by atoms with Crippen LogP contribution in [0.25, 0.3) is 6.08 Å². The van der Waals surface area contributed by atoms with Crippen molar-refractivity contribution >= 4 is 58.1 Å². The summed E-state index contributed by atoms with van der Waals surface area (Å²) in [6.45, 7) is 2.04. The standard InChI is InChI=1S/C18H16Cl2N2O5S/c1-17(8-18(17,19)20)15(24)21-4-5-22-14(23)13(28-16(22)25)7-10-2-3-11-12(6-10)27-9-26-11/h2-3,6-7H,4-5,8-9H2,1H3,(H,21,24)/b13-7-. The topological polar surface area (TPSA) is 84.9 Å². The number of amides is 3. The van der Waals surface area contributed by atoms with Crippen molar-refractivity contribution in [3.63, 3.8) is 0 Å². The van der Waals surface area contributed by atoms with Crippen molar-refractivity contribution in [3.8, 4) is 11.5 Å². The Hall–Kier alpha value is -1.90. The molecule has 28 heavy (non-hydrogen) atoms. The number of benzene rings is 1. The summed E-state index contributed by atoms with van der Waals surface area (Å²) in [6, 6.07) is 5.28. The first-order valence-corrected chi connectivity index (χ1v) is 10.1. The number of rotatable bonds is 5. The van der Waals surface area contributed by atoms with Gasteiger partial charge in [-0.25, -0.2) is 0 Å². The molecule has 3 aliphatic rings. The van der Waals surface area contributed by atoms with Crippen LogP contribution in [0.3, 0.4) is 0 Å². The summed E-state index contributed by atoms with van der Waals surface area (Å²) in [4.78, 5) is 38.3. The molecule has 4 rings (SSSR count). The van der Waals surface area contributed by atoms with E-state index in [1.165, 1.54) is 0 Å². The van der Waals surface area contributed by atoms with E-state index in [1.54, 1.807) is 31.2 Å². The first-order chi connectivity index (χ1) is 13.2. The Morgan fingerprint density at radius 3 is 2.75 bits per heavy atom. The van der Waals surface area contributed by atoms with Crippen LogP contribution in [0.5, 0.6) is 11.5 Å². The third-order valence-electron chi connectivity index (χ3n) is 4.95. The smallest absolute Gasteiger partial charge is 0.293 e. The number of carbonyl (C=O) groups excluding carboxylic acids is 3. The molecule has 1 N–H and O–H groups in total. The highest BCUT2D eigenvalue weighted by Crippen LogP contribution is 2.63. The minimum atomic E-state index is -1.06. The van der Waals surface area contributed by atoms with Gasteiger partial charge in [-0.2, -0.15) is 0 Å². The lowest BCUT2D eigenvalue weighted by Crippen LogP contribution is -2.40. The molecule has 148 valence electrons. The van der Waals surface area contributed by atoms with E-state index < -0.39 is 15.7 Å². The van der Waals surface area contributed by atoms with Crippen molar-refractivity contribution in [3.05, 3.63) is 28.7 Å². The molecule has 2 heterocycles. The minimum absolute atomic E-state index is 0.0720. The number of imide groups is 1. The molecule has 3 amide bonds. The Kier molecular flexibility index (Phi) is 4.76. The van der Waals surface area contributed by atoms with Gasteiger partial charge in [-0.3, -0.25) is 19.3 Å². The first-order valence-electron chi connectivity index (χ1n) is 8.52. The van der Waals surface area contributed by atoms with E-state index >= 15 is 0 Å². The molecule has 7 nitrogen and oxygen atoms in total. The van der Waals surface area contributed by atoms with Gasteiger partial charge in [0.2, 0.25) is 12.7 Å². The molecule has 1 saturated carbocycles. The van der Waals surface area contributed by atoms with Crippen LogP contribution in [0, 0.1) is 5.41 Å². The van der Waals surface area contributed by atoms with Gasteiger partial charge in [0.25, 0.3) is 11.1 Å². The summed E-state index contributed by atoms with van der Waals surface area (Å²) >= 11 is 12.8. The fraction of sp³-hybridized carbons (Fsp3) is 0.389. The molecule has 0 aromatic heterocycles. The second-order valence-electron chi connectivity index (χ2n) is 6.92. The van der Waals surface area contributed by atoms with Crippen LogP contribution in [-0.4, -0.2) is 46.2 Å². The van der Waals surface area contributed by atoms with Crippen molar-refractivity contribution in [2.45, 2.75) is 17.7 Å². The lowest BCUT2D eigenvalue weighted by Gasteiger charge is -2.15. The van der Waals surface area contributed by atoms with Gasteiger partial charge < -0.3 is 14.8 Å². The maximum Gasteiger partial charge on any atom is 0.293 e. The normalized spacial score (nSPS) is 26.1. The number of hydrogen-bond donors (Lipinski definition) is 1.